The molecule has 0 bridgehead atoms. The van der Waals surface area contributed by atoms with E-state index in [0.717, 1.165) is 18.5 Å². The molecular weight excluding hydrogens is 296 g/mol. The average Bonchev–Trinajstić information content (AvgIpc) is 2.56. The van der Waals surface area contributed by atoms with Crippen molar-refractivity contribution in [2.24, 2.45) is 0 Å². The maximum atomic E-state index is 12.0. The number of carbonyl (C=O) groups excluding carboxylic acids is 1. The summed E-state index contributed by atoms with van der Waals surface area (Å²) >= 11 is 5.86. The van der Waals surface area contributed by atoms with Gasteiger partial charge in [0.2, 0.25) is 0 Å². The first kappa shape index (κ1) is 17.1. The number of urea groups is 1. The molecule has 2 rings (SSSR count). The van der Waals surface area contributed by atoms with Gasteiger partial charge in [-0.2, -0.15) is 0 Å². The predicted octanol–water partition coefficient (Wildman–Crippen LogP) is 5.26. The molecule has 1 aromatic carbocycles. The third-order valence-corrected chi connectivity index (χ3v) is 4.78. The number of amides is 2. The van der Waals surface area contributed by atoms with Gasteiger partial charge in [0.1, 0.15) is 0 Å². The van der Waals surface area contributed by atoms with Gasteiger partial charge in [-0.1, -0.05) is 44.7 Å². The SMILES string of the molecule is CCCC(CCl)NC(=O)Nc1ccc(C2CCCCC2)cc1. The first-order valence-corrected chi connectivity index (χ1v) is 8.99. The Morgan fingerprint density at radius 2 is 1.91 bits per heavy atom. The first-order chi connectivity index (χ1) is 10.7. The smallest absolute Gasteiger partial charge is 0.319 e. The van der Waals surface area contributed by atoms with Crippen molar-refractivity contribution in [3.8, 4) is 0 Å². The fourth-order valence-electron chi connectivity index (χ4n) is 3.16. The van der Waals surface area contributed by atoms with E-state index in [2.05, 4.69) is 29.7 Å². The van der Waals surface area contributed by atoms with Crippen LogP contribution in [0.3, 0.4) is 0 Å². The Morgan fingerprint density at radius 1 is 1.23 bits per heavy atom. The van der Waals surface area contributed by atoms with E-state index in [0.29, 0.717) is 11.8 Å². The lowest BCUT2D eigenvalue weighted by atomic mass is 9.84. The van der Waals surface area contributed by atoms with Crippen molar-refractivity contribution >= 4 is 23.3 Å². The van der Waals surface area contributed by atoms with Gasteiger partial charge in [-0.25, -0.2) is 4.79 Å². The van der Waals surface area contributed by atoms with Crippen molar-refractivity contribution in [2.75, 3.05) is 11.2 Å². The minimum atomic E-state index is -0.176. The van der Waals surface area contributed by atoms with E-state index >= 15 is 0 Å². The van der Waals surface area contributed by atoms with Crippen LogP contribution in [0.1, 0.15) is 63.4 Å². The molecule has 0 heterocycles. The van der Waals surface area contributed by atoms with Gasteiger partial charge >= 0.3 is 6.03 Å². The Kier molecular flexibility index (Phi) is 7.04. The number of alkyl halides is 1. The fraction of sp³-hybridized carbons (Fsp3) is 0.611. The molecule has 1 aromatic rings. The predicted molar refractivity (Wildman–Crippen MR) is 93.8 cm³/mol. The number of hydrogen-bond acceptors (Lipinski definition) is 1. The Labute approximate surface area is 138 Å². The lowest BCUT2D eigenvalue weighted by molar-refractivity contribution is 0.248. The van der Waals surface area contributed by atoms with Crippen molar-refractivity contribution in [3.05, 3.63) is 29.8 Å². The van der Waals surface area contributed by atoms with Gasteiger partial charge in [0.15, 0.2) is 0 Å². The molecule has 1 saturated carbocycles. The highest BCUT2D eigenvalue weighted by molar-refractivity contribution is 6.18. The zero-order valence-electron chi connectivity index (χ0n) is 13.4. The molecule has 122 valence electrons. The molecule has 0 spiro atoms. The third-order valence-electron chi connectivity index (χ3n) is 4.40. The summed E-state index contributed by atoms with van der Waals surface area (Å²) in [5.41, 5.74) is 2.23. The van der Waals surface area contributed by atoms with Crippen molar-refractivity contribution < 1.29 is 4.79 Å². The largest absolute Gasteiger partial charge is 0.334 e. The third kappa shape index (κ3) is 5.20. The molecule has 1 aliphatic rings. The Bertz CT molecular complexity index is 455. The monoisotopic (exact) mass is 322 g/mol. The summed E-state index contributed by atoms with van der Waals surface area (Å²) in [5.74, 6) is 1.14. The van der Waals surface area contributed by atoms with E-state index in [-0.39, 0.29) is 12.1 Å². The topological polar surface area (TPSA) is 41.1 Å². The minimum Gasteiger partial charge on any atom is -0.334 e. The summed E-state index contributed by atoms with van der Waals surface area (Å²) in [4.78, 5) is 12.0. The second-order valence-electron chi connectivity index (χ2n) is 6.20. The van der Waals surface area contributed by atoms with Gasteiger partial charge < -0.3 is 10.6 Å². The molecule has 1 unspecified atom stereocenters. The van der Waals surface area contributed by atoms with Gasteiger partial charge in [0.25, 0.3) is 0 Å². The van der Waals surface area contributed by atoms with Crippen LogP contribution in [0.25, 0.3) is 0 Å². The normalized spacial score (nSPS) is 17.0. The van der Waals surface area contributed by atoms with Crippen LogP contribution in [0.15, 0.2) is 24.3 Å². The van der Waals surface area contributed by atoms with Crippen LogP contribution < -0.4 is 10.6 Å². The number of nitrogens with one attached hydrogen (secondary N) is 2. The Morgan fingerprint density at radius 3 is 2.50 bits per heavy atom. The van der Waals surface area contributed by atoms with E-state index in [1.165, 1.54) is 37.7 Å². The molecule has 1 atom stereocenters. The molecule has 1 fully saturated rings. The summed E-state index contributed by atoms with van der Waals surface area (Å²) < 4.78 is 0. The maximum absolute atomic E-state index is 12.0. The molecule has 0 aliphatic heterocycles. The van der Waals surface area contributed by atoms with Crippen LogP contribution >= 0.6 is 11.6 Å². The number of hydrogen-bond donors (Lipinski definition) is 2. The zero-order chi connectivity index (χ0) is 15.8. The summed E-state index contributed by atoms with van der Waals surface area (Å²) in [6, 6.07) is 8.16. The maximum Gasteiger partial charge on any atom is 0.319 e. The van der Waals surface area contributed by atoms with Gasteiger partial charge in [-0.05, 0) is 42.9 Å². The highest BCUT2D eigenvalue weighted by Gasteiger charge is 2.15. The Balaban J connectivity index is 1.86. The molecule has 0 radical (unpaired) electrons. The molecule has 3 nitrogen and oxygen atoms in total. The molecular formula is C18H27ClN2O. The van der Waals surface area contributed by atoms with E-state index in [1.807, 2.05) is 12.1 Å². The average molecular weight is 323 g/mol. The molecule has 1 aliphatic carbocycles. The highest BCUT2D eigenvalue weighted by Crippen LogP contribution is 2.32. The lowest BCUT2D eigenvalue weighted by Gasteiger charge is -2.22. The number of anilines is 1. The van der Waals surface area contributed by atoms with Crippen LogP contribution in [0, 0.1) is 0 Å². The molecule has 2 N–H and O–H groups in total. The van der Waals surface area contributed by atoms with Gasteiger partial charge in [-0.15, -0.1) is 11.6 Å². The van der Waals surface area contributed by atoms with Gasteiger partial charge in [0, 0.05) is 17.6 Å². The van der Waals surface area contributed by atoms with Crippen LogP contribution in [0.2, 0.25) is 0 Å². The number of carbonyl (C=O) groups is 1. The number of rotatable bonds is 6. The van der Waals surface area contributed by atoms with Crippen molar-refractivity contribution in [3.63, 3.8) is 0 Å². The highest BCUT2D eigenvalue weighted by atomic mass is 35.5. The molecule has 4 heteroatoms. The summed E-state index contributed by atoms with van der Waals surface area (Å²) in [6.07, 6.45) is 8.54. The van der Waals surface area contributed by atoms with Crippen LogP contribution in [0.5, 0.6) is 0 Å². The summed E-state index contributed by atoms with van der Waals surface area (Å²) in [5, 5.41) is 5.80. The van der Waals surface area contributed by atoms with Crippen LogP contribution in [-0.2, 0) is 0 Å². The molecule has 2 amide bonds. The fourth-order valence-corrected chi connectivity index (χ4v) is 3.39. The lowest BCUT2D eigenvalue weighted by Crippen LogP contribution is -2.39. The Hall–Kier alpha value is -1.22. The molecule has 0 saturated heterocycles. The van der Waals surface area contributed by atoms with Gasteiger partial charge in [-0.3, -0.25) is 0 Å². The minimum absolute atomic E-state index is 0.0354. The molecule has 0 aromatic heterocycles. The summed E-state index contributed by atoms with van der Waals surface area (Å²) in [7, 11) is 0. The van der Waals surface area contributed by atoms with E-state index in [9.17, 15) is 4.79 Å². The van der Waals surface area contributed by atoms with Crippen LogP contribution in [-0.4, -0.2) is 18.0 Å². The van der Waals surface area contributed by atoms with Crippen LogP contribution in [0.4, 0.5) is 10.5 Å². The molecule has 22 heavy (non-hydrogen) atoms. The number of halogens is 1. The van der Waals surface area contributed by atoms with Crippen molar-refractivity contribution in [1.82, 2.24) is 5.32 Å². The van der Waals surface area contributed by atoms with Crippen molar-refractivity contribution in [2.45, 2.75) is 63.8 Å². The van der Waals surface area contributed by atoms with E-state index in [4.69, 9.17) is 11.6 Å². The second-order valence-corrected chi connectivity index (χ2v) is 6.50. The zero-order valence-corrected chi connectivity index (χ0v) is 14.2. The van der Waals surface area contributed by atoms with Gasteiger partial charge in [0.05, 0.1) is 0 Å². The number of benzene rings is 1. The van der Waals surface area contributed by atoms with Crippen molar-refractivity contribution in [1.29, 1.82) is 0 Å². The summed E-state index contributed by atoms with van der Waals surface area (Å²) in [6.45, 7) is 2.09. The standard InChI is InChI=1S/C18H27ClN2O/c1-2-6-17(13-19)21-18(22)20-16-11-9-15(10-12-16)14-7-4-3-5-8-14/h9-12,14,17H,2-8,13H2,1H3,(H2,20,21,22). The van der Waals surface area contributed by atoms with E-state index in [1.54, 1.807) is 0 Å². The van der Waals surface area contributed by atoms with E-state index < -0.39 is 0 Å². The first-order valence-electron chi connectivity index (χ1n) is 8.46. The second kappa shape index (κ2) is 9.04. The quantitative estimate of drug-likeness (QED) is 0.689.